The summed E-state index contributed by atoms with van der Waals surface area (Å²) >= 11 is 0. The van der Waals surface area contributed by atoms with E-state index in [2.05, 4.69) is 0 Å². The lowest BCUT2D eigenvalue weighted by Crippen LogP contribution is -2.66. The van der Waals surface area contributed by atoms with Crippen LogP contribution in [0, 0.1) is 57.2 Å². The number of hydrogen-bond donors (Lipinski definition) is 0. The van der Waals surface area contributed by atoms with E-state index in [4.69, 9.17) is 0 Å². The van der Waals surface area contributed by atoms with Crippen molar-refractivity contribution in [1.82, 2.24) is 0 Å². The summed E-state index contributed by atoms with van der Waals surface area (Å²) in [7, 11) is 0. The van der Waals surface area contributed by atoms with Gasteiger partial charge in [0, 0.05) is 0 Å². The molecule has 10 unspecified atom stereocenters. The molecule has 0 aromatic heterocycles. The fourth-order valence-corrected chi connectivity index (χ4v) is 11.8. The Balaban J connectivity index is 1.67. The van der Waals surface area contributed by atoms with Crippen molar-refractivity contribution in [2.24, 2.45) is 57.2 Å². The summed E-state index contributed by atoms with van der Waals surface area (Å²) in [5.74, 6) is 7.59. The molecule has 88 valence electrons. The molecule has 0 amide bonds. The zero-order chi connectivity index (χ0) is 10.4. The van der Waals surface area contributed by atoms with Crippen molar-refractivity contribution in [2.75, 3.05) is 0 Å². The second kappa shape index (κ2) is 1.50. The number of fused-ring (bicyclic) bond motifs is 7. The molecule has 4 bridgehead atoms. The van der Waals surface area contributed by atoms with Gasteiger partial charge in [0.1, 0.15) is 0 Å². The summed E-state index contributed by atoms with van der Waals surface area (Å²) in [5, 5.41) is 0. The maximum Gasteiger partial charge on any atom is -0.0144 e. The normalized spacial score (nSPS) is 93.2. The molecule has 0 radical (unpaired) electrons. The van der Waals surface area contributed by atoms with E-state index >= 15 is 0 Å². The minimum atomic E-state index is 0.923. The van der Waals surface area contributed by atoms with E-state index in [0.717, 1.165) is 21.7 Å². The van der Waals surface area contributed by atoms with Crippen molar-refractivity contribution >= 4 is 0 Å². The van der Waals surface area contributed by atoms with E-state index in [0.29, 0.717) is 0 Å². The molecule has 0 saturated heterocycles. The maximum atomic E-state index is 1.74. The predicted molar refractivity (Wildman–Crippen MR) is 63.0 cm³/mol. The maximum absolute atomic E-state index is 1.74. The van der Waals surface area contributed by atoms with Gasteiger partial charge in [-0.15, -0.1) is 0 Å². The van der Waals surface area contributed by atoms with Crippen LogP contribution in [0.4, 0.5) is 0 Å². The Bertz CT molecular complexity index is 546. The molecule has 0 heterocycles. The average Bonchev–Trinajstić information content (AvgIpc) is 2.95. The van der Waals surface area contributed by atoms with Gasteiger partial charge in [0.25, 0.3) is 0 Å². The van der Waals surface area contributed by atoms with E-state index in [1.54, 1.807) is 44.9 Å². The lowest BCUT2D eigenvalue weighted by molar-refractivity contribution is -0.234. The number of rotatable bonds is 0. The summed E-state index contributed by atoms with van der Waals surface area (Å²) in [6.45, 7) is 0. The first kappa shape index (κ1) is 7.56. The van der Waals surface area contributed by atoms with Crippen molar-refractivity contribution in [2.45, 2.75) is 44.9 Å². The Morgan fingerprint density at radius 2 is 1.71 bits per heavy atom. The third kappa shape index (κ3) is 0.371. The minimum absolute atomic E-state index is 0.923. The highest BCUT2D eigenvalue weighted by atomic mass is 15.0. The summed E-state index contributed by atoms with van der Waals surface area (Å²) in [6.07, 6.45) is 12.1. The van der Waals surface area contributed by atoms with E-state index < -0.39 is 0 Å². The van der Waals surface area contributed by atoms with Crippen LogP contribution >= 0.6 is 0 Å². The molecule has 7 rings (SSSR count). The summed E-state index contributed by atoms with van der Waals surface area (Å²) in [6, 6.07) is 0. The van der Waals surface area contributed by atoms with Gasteiger partial charge in [-0.3, -0.25) is 0 Å². The van der Waals surface area contributed by atoms with Crippen LogP contribution in [0.2, 0.25) is 0 Å². The standard InChI is InChI=1S/C17H20/c1-8-9-2-15(1)5-14-4-11-10-3-16(6-14,13(9)12(8)10)17(11,15)7-14/h8-13H,1-7H2. The molecule has 7 fully saturated rings. The summed E-state index contributed by atoms with van der Waals surface area (Å²) in [4.78, 5) is 0. The SMILES string of the molecule is C1C2C3CC45CC16CC1(CC7C(C1)C4C73)C25C6. The third-order valence-electron chi connectivity index (χ3n) is 10.6. The van der Waals surface area contributed by atoms with E-state index in [-0.39, 0.29) is 0 Å². The summed E-state index contributed by atoms with van der Waals surface area (Å²) in [5.41, 5.74) is 3.81. The second-order valence-electron chi connectivity index (χ2n) is 9.96. The lowest BCUT2D eigenvalue weighted by Gasteiger charge is -2.71. The quantitative estimate of drug-likeness (QED) is 0.591. The van der Waals surface area contributed by atoms with Crippen molar-refractivity contribution < 1.29 is 0 Å². The van der Waals surface area contributed by atoms with Gasteiger partial charge in [-0.1, -0.05) is 0 Å². The zero-order valence-electron chi connectivity index (χ0n) is 10.4. The fraction of sp³-hybridized carbons (Fsp3) is 1.00. The molecule has 17 heavy (non-hydrogen) atoms. The highest BCUT2D eigenvalue weighted by Gasteiger charge is 2.98. The Labute approximate surface area is 103 Å². The largest absolute Gasteiger partial charge is 0.0438 e. The molecule has 10 atom stereocenters. The molecule has 0 nitrogen and oxygen atoms in total. The van der Waals surface area contributed by atoms with Crippen molar-refractivity contribution in [3.8, 4) is 0 Å². The third-order valence-corrected chi connectivity index (χ3v) is 10.6. The van der Waals surface area contributed by atoms with Crippen LogP contribution < -0.4 is 0 Å². The molecule has 0 heteroatoms. The molecule has 0 aliphatic heterocycles. The fourth-order valence-electron chi connectivity index (χ4n) is 11.8. The second-order valence-corrected chi connectivity index (χ2v) is 9.96. The summed E-state index contributed by atoms with van der Waals surface area (Å²) < 4.78 is 0. The Morgan fingerprint density at radius 3 is 2.65 bits per heavy atom. The van der Waals surface area contributed by atoms with E-state index in [1.807, 2.05) is 0 Å². The van der Waals surface area contributed by atoms with Gasteiger partial charge in [0.2, 0.25) is 0 Å². The minimum Gasteiger partial charge on any atom is -0.0438 e. The smallest absolute Gasteiger partial charge is 0.0144 e. The lowest BCUT2D eigenvalue weighted by atomic mass is 9.33. The molecule has 0 aromatic carbocycles. The molecular formula is C17H20. The van der Waals surface area contributed by atoms with Crippen LogP contribution in [0.15, 0.2) is 0 Å². The van der Waals surface area contributed by atoms with Gasteiger partial charge in [0.05, 0.1) is 0 Å². The predicted octanol–water partition coefficient (Wildman–Crippen LogP) is 3.47. The van der Waals surface area contributed by atoms with Crippen LogP contribution in [0.25, 0.3) is 0 Å². The highest BCUT2D eigenvalue weighted by molar-refractivity contribution is 5.46. The zero-order valence-corrected chi connectivity index (χ0v) is 10.4. The van der Waals surface area contributed by atoms with Gasteiger partial charge >= 0.3 is 0 Å². The van der Waals surface area contributed by atoms with E-state index in [9.17, 15) is 0 Å². The van der Waals surface area contributed by atoms with Crippen LogP contribution in [-0.2, 0) is 0 Å². The van der Waals surface area contributed by atoms with Crippen molar-refractivity contribution in [3.05, 3.63) is 0 Å². The first-order chi connectivity index (χ1) is 8.25. The molecule has 3 spiro atoms. The van der Waals surface area contributed by atoms with Gasteiger partial charge < -0.3 is 0 Å². The Kier molecular flexibility index (Phi) is 0.666. The van der Waals surface area contributed by atoms with Crippen molar-refractivity contribution in [3.63, 3.8) is 0 Å². The van der Waals surface area contributed by atoms with Crippen LogP contribution in [0.1, 0.15) is 44.9 Å². The number of hydrogen-bond acceptors (Lipinski definition) is 0. The van der Waals surface area contributed by atoms with Gasteiger partial charge in [0.15, 0.2) is 0 Å². The van der Waals surface area contributed by atoms with Gasteiger partial charge in [-0.2, -0.15) is 0 Å². The first-order valence-electron chi connectivity index (χ1n) is 8.25. The Morgan fingerprint density at radius 1 is 0.765 bits per heavy atom. The molecule has 7 saturated carbocycles. The van der Waals surface area contributed by atoms with Gasteiger partial charge in [-0.25, -0.2) is 0 Å². The average molecular weight is 224 g/mol. The first-order valence-corrected chi connectivity index (χ1v) is 8.25. The van der Waals surface area contributed by atoms with Crippen molar-refractivity contribution in [1.29, 1.82) is 0 Å². The van der Waals surface area contributed by atoms with Crippen LogP contribution in [0.5, 0.6) is 0 Å². The Hall–Kier alpha value is 0. The topological polar surface area (TPSA) is 0 Å². The molecule has 0 N–H and O–H groups in total. The molecule has 0 aromatic rings. The van der Waals surface area contributed by atoms with Gasteiger partial charge in [-0.05, 0) is 102 Å². The van der Waals surface area contributed by atoms with E-state index in [1.165, 1.54) is 35.5 Å². The molecule has 7 aliphatic carbocycles. The molecule has 7 aliphatic rings. The monoisotopic (exact) mass is 224 g/mol. The highest BCUT2D eigenvalue weighted by Crippen LogP contribution is 3.04. The molecular weight excluding hydrogens is 204 g/mol. The van der Waals surface area contributed by atoms with Crippen LogP contribution in [-0.4, -0.2) is 0 Å². The van der Waals surface area contributed by atoms with Crippen LogP contribution in [0.3, 0.4) is 0 Å².